The van der Waals surface area contributed by atoms with Crippen molar-refractivity contribution in [1.29, 1.82) is 0 Å². The fourth-order valence-electron chi connectivity index (χ4n) is 5.02. The van der Waals surface area contributed by atoms with Crippen LogP contribution < -0.4 is 0 Å². The molecule has 0 N–H and O–H groups in total. The van der Waals surface area contributed by atoms with E-state index < -0.39 is 0 Å². The van der Waals surface area contributed by atoms with E-state index in [2.05, 4.69) is 41.3 Å². The van der Waals surface area contributed by atoms with Crippen LogP contribution in [0.25, 0.3) is 11.1 Å². The molecule has 1 aliphatic heterocycles. The quantitative estimate of drug-likeness (QED) is 0.652. The van der Waals surface area contributed by atoms with E-state index in [9.17, 15) is 4.79 Å². The zero-order chi connectivity index (χ0) is 19.3. The first kappa shape index (κ1) is 18.2. The van der Waals surface area contributed by atoms with E-state index in [1.807, 2.05) is 0 Å². The summed E-state index contributed by atoms with van der Waals surface area (Å²) in [4.78, 5) is 14.3. The zero-order valence-electron chi connectivity index (χ0n) is 16.3. The Morgan fingerprint density at radius 3 is 2.50 bits per heavy atom. The number of carbonyl (C=O) groups is 1. The number of aryl methyl sites for hydroxylation is 1. The Kier molecular flexibility index (Phi) is 4.68. The SMILES string of the molecule is COC(=O)C1CCN(C2CCc3cc(-c4ccc(C5CC5)c(Cl)c4)ccc32)C1. The van der Waals surface area contributed by atoms with E-state index in [1.165, 1.54) is 47.8 Å². The third-order valence-electron chi connectivity index (χ3n) is 6.74. The first-order chi connectivity index (χ1) is 13.6. The number of fused-ring (bicyclic) bond motifs is 1. The fourth-order valence-corrected chi connectivity index (χ4v) is 5.35. The van der Waals surface area contributed by atoms with Crippen molar-refractivity contribution < 1.29 is 9.53 Å². The molecule has 2 unspecified atom stereocenters. The molecule has 0 bridgehead atoms. The minimum Gasteiger partial charge on any atom is -0.469 e. The highest BCUT2D eigenvalue weighted by Gasteiger charge is 2.36. The molecule has 2 fully saturated rings. The van der Waals surface area contributed by atoms with Gasteiger partial charge in [-0.05, 0) is 78.5 Å². The highest BCUT2D eigenvalue weighted by atomic mass is 35.5. The lowest BCUT2D eigenvalue weighted by Gasteiger charge is -2.24. The number of nitrogens with zero attached hydrogens (tertiary/aromatic N) is 1. The zero-order valence-corrected chi connectivity index (χ0v) is 17.0. The van der Waals surface area contributed by atoms with Crippen LogP contribution in [0.2, 0.25) is 5.02 Å². The molecular weight excluding hydrogens is 370 g/mol. The lowest BCUT2D eigenvalue weighted by atomic mass is 9.98. The van der Waals surface area contributed by atoms with E-state index in [0.717, 1.165) is 37.4 Å². The largest absolute Gasteiger partial charge is 0.469 e. The van der Waals surface area contributed by atoms with Gasteiger partial charge in [-0.1, -0.05) is 41.9 Å². The van der Waals surface area contributed by atoms with Gasteiger partial charge in [0.2, 0.25) is 0 Å². The summed E-state index contributed by atoms with van der Waals surface area (Å²) >= 11 is 6.55. The van der Waals surface area contributed by atoms with Crippen LogP contribution in [0.5, 0.6) is 0 Å². The maximum atomic E-state index is 11.9. The van der Waals surface area contributed by atoms with Crippen molar-refractivity contribution in [2.45, 2.75) is 44.1 Å². The monoisotopic (exact) mass is 395 g/mol. The van der Waals surface area contributed by atoms with Crippen LogP contribution in [0.1, 0.15) is 54.3 Å². The Labute approximate surface area is 171 Å². The Morgan fingerprint density at radius 1 is 1.04 bits per heavy atom. The molecular formula is C24H26ClNO2. The van der Waals surface area contributed by atoms with E-state index in [0.29, 0.717) is 12.0 Å². The molecule has 0 spiro atoms. The third kappa shape index (κ3) is 3.25. The second-order valence-electron chi connectivity index (χ2n) is 8.48. The molecule has 0 amide bonds. The van der Waals surface area contributed by atoms with Gasteiger partial charge in [0.1, 0.15) is 0 Å². The summed E-state index contributed by atoms with van der Waals surface area (Å²) in [6.45, 7) is 1.79. The average Bonchev–Trinajstić information content (AvgIpc) is 3.28. The number of halogens is 1. The molecule has 1 heterocycles. The second kappa shape index (κ2) is 7.20. The van der Waals surface area contributed by atoms with Gasteiger partial charge in [-0.2, -0.15) is 0 Å². The van der Waals surface area contributed by atoms with Gasteiger partial charge in [-0.3, -0.25) is 9.69 Å². The maximum absolute atomic E-state index is 11.9. The molecule has 2 atom stereocenters. The van der Waals surface area contributed by atoms with Crippen LogP contribution in [-0.4, -0.2) is 31.1 Å². The van der Waals surface area contributed by atoms with Crippen LogP contribution >= 0.6 is 11.6 Å². The van der Waals surface area contributed by atoms with Crippen molar-refractivity contribution in [3.63, 3.8) is 0 Å². The van der Waals surface area contributed by atoms with Gasteiger partial charge >= 0.3 is 5.97 Å². The topological polar surface area (TPSA) is 29.5 Å². The molecule has 146 valence electrons. The highest BCUT2D eigenvalue weighted by molar-refractivity contribution is 6.31. The Balaban J connectivity index is 1.36. The number of methoxy groups -OCH3 is 1. The van der Waals surface area contributed by atoms with Gasteiger partial charge in [0.05, 0.1) is 13.0 Å². The Hall–Kier alpha value is -1.84. The summed E-state index contributed by atoms with van der Waals surface area (Å²) in [5.74, 6) is 0.639. The molecule has 4 heteroatoms. The minimum atomic E-state index is -0.0670. The molecule has 0 radical (unpaired) electrons. The number of carbonyl (C=O) groups excluding carboxylic acids is 1. The number of hydrogen-bond acceptors (Lipinski definition) is 3. The van der Waals surface area contributed by atoms with E-state index in [4.69, 9.17) is 16.3 Å². The number of hydrogen-bond donors (Lipinski definition) is 0. The molecule has 3 nitrogen and oxygen atoms in total. The Bertz CT molecular complexity index is 921. The predicted molar refractivity (Wildman–Crippen MR) is 112 cm³/mol. The lowest BCUT2D eigenvalue weighted by Crippen LogP contribution is -2.27. The molecule has 1 saturated carbocycles. The minimum absolute atomic E-state index is 0.0282. The number of benzene rings is 2. The van der Waals surface area contributed by atoms with E-state index in [-0.39, 0.29) is 11.9 Å². The van der Waals surface area contributed by atoms with Crippen molar-refractivity contribution in [3.8, 4) is 11.1 Å². The molecule has 2 aliphatic carbocycles. The molecule has 0 aromatic heterocycles. The van der Waals surface area contributed by atoms with Crippen molar-refractivity contribution in [3.05, 3.63) is 58.1 Å². The van der Waals surface area contributed by atoms with Crippen LogP contribution in [0.15, 0.2) is 36.4 Å². The van der Waals surface area contributed by atoms with Crippen LogP contribution in [0.3, 0.4) is 0 Å². The second-order valence-corrected chi connectivity index (χ2v) is 8.89. The average molecular weight is 396 g/mol. The highest BCUT2D eigenvalue weighted by Crippen LogP contribution is 2.45. The summed E-state index contributed by atoms with van der Waals surface area (Å²) in [5, 5.41) is 0.907. The van der Waals surface area contributed by atoms with Crippen LogP contribution in [0, 0.1) is 5.92 Å². The van der Waals surface area contributed by atoms with Gasteiger partial charge in [0.15, 0.2) is 0 Å². The van der Waals surface area contributed by atoms with Crippen molar-refractivity contribution in [1.82, 2.24) is 4.90 Å². The normalized spacial score (nSPS) is 24.4. The van der Waals surface area contributed by atoms with Crippen LogP contribution in [0.4, 0.5) is 0 Å². The molecule has 2 aromatic carbocycles. The van der Waals surface area contributed by atoms with Gasteiger partial charge < -0.3 is 4.74 Å². The Morgan fingerprint density at radius 2 is 1.79 bits per heavy atom. The van der Waals surface area contributed by atoms with Crippen molar-refractivity contribution in [2.75, 3.05) is 20.2 Å². The fraction of sp³-hybridized carbons (Fsp3) is 0.458. The summed E-state index contributed by atoms with van der Waals surface area (Å²) in [6.07, 6.45) is 5.68. The number of ether oxygens (including phenoxy) is 1. The molecule has 3 aliphatic rings. The van der Waals surface area contributed by atoms with Gasteiger partial charge in [0.25, 0.3) is 0 Å². The molecule has 28 heavy (non-hydrogen) atoms. The van der Waals surface area contributed by atoms with Gasteiger partial charge in [-0.15, -0.1) is 0 Å². The number of esters is 1. The lowest BCUT2D eigenvalue weighted by molar-refractivity contribution is -0.145. The first-order valence-electron chi connectivity index (χ1n) is 10.4. The maximum Gasteiger partial charge on any atom is 0.310 e. The standard InChI is InChI=1S/C24H26ClNO2/c1-28-24(27)19-10-11-26(14-19)23-9-6-18-12-16(5-8-21(18)23)17-4-7-20(15-2-3-15)22(25)13-17/h4-5,7-8,12-13,15,19,23H,2-3,6,9-11,14H2,1H3. The summed E-state index contributed by atoms with van der Waals surface area (Å²) in [5.41, 5.74) is 6.62. The van der Waals surface area contributed by atoms with Gasteiger partial charge in [0, 0.05) is 17.6 Å². The summed E-state index contributed by atoms with van der Waals surface area (Å²) in [7, 11) is 1.49. The van der Waals surface area contributed by atoms with Crippen molar-refractivity contribution >= 4 is 17.6 Å². The van der Waals surface area contributed by atoms with E-state index >= 15 is 0 Å². The summed E-state index contributed by atoms with van der Waals surface area (Å²) in [6, 6.07) is 13.8. The smallest absolute Gasteiger partial charge is 0.310 e. The van der Waals surface area contributed by atoms with Crippen LogP contribution in [-0.2, 0) is 16.0 Å². The number of likely N-dealkylation sites (tertiary alicyclic amines) is 1. The third-order valence-corrected chi connectivity index (χ3v) is 7.06. The molecule has 5 rings (SSSR count). The number of rotatable bonds is 4. The molecule has 1 saturated heterocycles. The van der Waals surface area contributed by atoms with E-state index in [1.54, 1.807) is 0 Å². The predicted octanol–water partition coefficient (Wildman–Crippen LogP) is 5.37. The first-order valence-corrected chi connectivity index (χ1v) is 10.8. The van der Waals surface area contributed by atoms with Crippen molar-refractivity contribution in [2.24, 2.45) is 5.92 Å². The summed E-state index contributed by atoms with van der Waals surface area (Å²) < 4.78 is 4.94. The molecule has 2 aromatic rings. The van der Waals surface area contributed by atoms with Gasteiger partial charge in [-0.25, -0.2) is 0 Å².